The summed E-state index contributed by atoms with van der Waals surface area (Å²) in [7, 11) is 0. The van der Waals surface area contributed by atoms with E-state index in [0.717, 1.165) is 31.2 Å². The van der Waals surface area contributed by atoms with Gasteiger partial charge in [-0.3, -0.25) is 19.3 Å². The maximum Gasteiger partial charge on any atom is 0.246 e. The molecule has 2 N–H and O–H groups in total. The number of amides is 3. The molecule has 3 aliphatic heterocycles. The number of fused-ring (bicyclic) bond motifs is 1. The van der Waals surface area contributed by atoms with Gasteiger partial charge in [-0.25, -0.2) is 0 Å². The van der Waals surface area contributed by atoms with E-state index in [1.807, 2.05) is 43.3 Å². The first-order valence-electron chi connectivity index (χ1n) is 12.7. The fraction of sp³-hybridized carbons (Fsp3) is 0.481. The Hall–Kier alpha value is -3.46. The Labute approximate surface area is 209 Å². The van der Waals surface area contributed by atoms with Gasteiger partial charge in [0.2, 0.25) is 17.7 Å². The minimum Gasteiger partial charge on any atom is -0.360 e. The fourth-order valence-corrected chi connectivity index (χ4v) is 6.43. The van der Waals surface area contributed by atoms with E-state index in [4.69, 9.17) is 9.26 Å². The number of para-hydroxylation sites is 1. The highest BCUT2D eigenvalue weighted by molar-refractivity contribution is 6.11. The first-order valence-corrected chi connectivity index (χ1v) is 12.7. The molecule has 4 heterocycles. The molecule has 1 spiro atoms. The molecule has 3 amide bonds. The number of nitrogens with one attached hydrogen (secondary N) is 2. The van der Waals surface area contributed by atoms with Crippen LogP contribution in [0.3, 0.4) is 0 Å². The average molecular weight is 491 g/mol. The van der Waals surface area contributed by atoms with E-state index < -0.39 is 29.6 Å². The number of aromatic nitrogens is 1. The molecular formula is C27H30N4O5. The number of aryl methyl sites for hydroxylation is 2. The summed E-state index contributed by atoms with van der Waals surface area (Å²) < 4.78 is 11.5. The van der Waals surface area contributed by atoms with Crippen LogP contribution in [0.25, 0.3) is 0 Å². The van der Waals surface area contributed by atoms with Crippen molar-refractivity contribution >= 4 is 29.2 Å². The van der Waals surface area contributed by atoms with Crippen molar-refractivity contribution in [3.05, 3.63) is 53.8 Å². The SMILES string of the molecule is Cc1cc(NC(=O)C2C3C=CC4(O3)C2C(=O)N(c2ccccc2C)C4C(=O)NC2CCCCC2)no1. The van der Waals surface area contributed by atoms with Gasteiger partial charge in [-0.05, 0) is 38.3 Å². The molecule has 4 aliphatic rings. The van der Waals surface area contributed by atoms with Crippen molar-refractivity contribution in [2.75, 3.05) is 10.2 Å². The van der Waals surface area contributed by atoms with Crippen LogP contribution in [0.4, 0.5) is 11.5 Å². The van der Waals surface area contributed by atoms with Crippen LogP contribution in [0.5, 0.6) is 0 Å². The number of benzene rings is 1. The number of hydrogen-bond acceptors (Lipinski definition) is 6. The number of ether oxygens (including phenoxy) is 1. The number of nitrogens with zero attached hydrogens (tertiary/aromatic N) is 2. The molecule has 9 heteroatoms. The molecule has 5 atom stereocenters. The van der Waals surface area contributed by atoms with Crippen LogP contribution >= 0.6 is 0 Å². The number of rotatable bonds is 5. The molecule has 36 heavy (non-hydrogen) atoms. The van der Waals surface area contributed by atoms with E-state index in [0.29, 0.717) is 11.4 Å². The highest BCUT2D eigenvalue weighted by Crippen LogP contribution is 2.56. The van der Waals surface area contributed by atoms with Crippen molar-refractivity contribution in [2.24, 2.45) is 11.8 Å². The summed E-state index contributed by atoms with van der Waals surface area (Å²) in [5.41, 5.74) is 0.307. The van der Waals surface area contributed by atoms with Crippen molar-refractivity contribution in [3.63, 3.8) is 0 Å². The van der Waals surface area contributed by atoms with Crippen LogP contribution in [0.2, 0.25) is 0 Å². The maximum atomic E-state index is 14.1. The summed E-state index contributed by atoms with van der Waals surface area (Å²) in [4.78, 5) is 43.0. The Bertz CT molecular complexity index is 1250. The molecule has 3 fully saturated rings. The van der Waals surface area contributed by atoms with Crippen LogP contribution in [-0.2, 0) is 19.1 Å². The van der Waals surface area contributed by atoms with Gasteiger partial charge in [0, 0.05) is 17.8 Å². The van der Waals surface area contributed by atoms with Gasteiger partial charge in [0.15, 0.2) is 5.82 Å². The smallest absolute Gasteiger partial charge is 0.246 e. The molecule has 2 saturated heterocycles. The Kier molecular flexibility index (Phi) is 5.48. The van der Waals surface area contributed by atoms with Gasteiger partial charge >= 0.3 is 0 Å². The Balaban J connectivity index is 1.38. The second-order valence-electron chi connectivity index (χ2n) is 10.4. The molecule has 0 radical (unpaired) electrons. The molecule has 1 aromatic heterocycles. The minimum atomic E-state index is -1.22. The predicted molar refractivity (Wildman–Crippen MR) is 131 cm³/mol. The normalized spacial score (nSPS) is 31.1. The number of carbonyl (C=O) groups excluding carboxylic acids is 3. The highest BCUT2D eigenvalue weighted by atomic mass is 16.5. The van der Waals surface area contributed by atoms with Crippen LogP contribution in [0.15, 0.2) is 47.0 Å². The van der Waals surface area contributed by atoms with Gasteiger partial charge in [0.25, 0.3) is 0 Å². The fourth-order valence-electron chi connectivity index (χ4n) is 6.43. The highest BCUT2D eigenvalue weighted by Gasteiger charge is 2.73. The Morgan fingerprint density at radius 1 is 1.11 bits per heavy atom. The lowest BCUT2D eigenvalue weighted by Crippen LogP contribution is -2.56. The third-order valence-corrected chi connectivity index (χ3v) is 8.03. The average Bonchev–Trinajstić information content (AvgIpc) is 3.61. The monoisotopic (exact) mass is 490 g/mol. The Morgan fingerprint density at radius 3 is 2.61 bits per heavy atom. The minimum absolute atomic E-state index is 0.0765. The van der Waals surface area contributed by atoms with Crippen LogP contribution < -0.4 is 15.5 Å². The van der Waals surface area contributed by atoms with Crippen molar-refractivity contribution in [1.29, 1.82) is 0 Å². The zero-order chi connectivity index (χ0) is 25.0. The van der Waals surface area contributed by atoms with E-state index in [-0.39, 0.29) is 29.6 Å². The zero-order valence-corrected chi connectivity index (χ0v) is 20.4. The molecule has 5 unspecified atom stereocenters. The van der Waals surface area contributed by atoms with E-state index in [1.165, 1.54) is 6.42 Å². The molecular weight excluding hydrogens is 460 g/mol. The molecule has 9 nitrogen and oxygen atoms in total. The van der Waals surface area contributed by atoms with Gasteiger partial charge in [-0.2, -0.15) is 0 Å². The van der Waals surface area contributed by atoms with Crippen molar-refractivity contribution in [1.82, 2.24) is 10.5 Å². The number of hydrogen-bond donors (Lipinski definition) is 2. The van der Waals surface area contributed by atoms with E-state index in [9.17, 15) is 14.4 Å². The predicted octanol–water partition coefficient (Wildman–Crippen LogP) is 3.03. The van der Waals surface area contributed by atoms with Gasteiger partial charge < -0.3 is 19.9 Å². The van der Waals surface area contributed by atoms with Gasteiger partial charge in [0.1, 0.15) is 17.4 Å². The molecule has 2 bridgehead atoms. The van der Waals surface area contributed by atoms with Crippen LogP contribution in [0.1, 0.15) is 43.4 Å². The Morgan fingerprint density at radius 2 is 1.89 bits per heavy atom. The summed E-state index contributed by atoms with van der Waals surface area (Å²) in [6.45, 7) is 3.65. The molecule has 188 valence electrons. The van der Waals surface area contributed by atoms with Crippen LogP contribution in [0, 0.1) is 25.7 Å². The molecule has 1 aromatic carbocycles. The second-order valence-corrected chi connectivity index (χ2v) is 10.4. The summed E-state index contributed by atoms with van der Waals surface area (Å²) in [5, 5.41) is 9.82. The number of anilines is 2. The van der Waals surface area contributed by atoms with Crippen molar-refractivity contribution in [3.8, 4) is 0 Å². The topological polar surface area (TPSA) is 114 Å². The van der Waals surface area contributed by atoms with E-state index >= 15 is 0 Å². The standard InChI is InChI=1S/C27H30N4O5/c1-15-8-6-7-11-18(15)31-23(25(33)28-17-9-4-3-5-10-17)27-13-12-19(35-27)21(22(27)26(31)34)24(32)29-20-14-16(2)36-30-20/h6-8,11-14,17,19,21-23H,3-5,9-10H2,1-2H3,(H,28,33)(H,29,30,32). The van der Waals surface area contributed by atoms with E-state index in [1.54, 1.807) is 17.9 Å². The summed E-state index contributed by atoms with van der Waals surface area (Å²) in [6, 6.07) is 8.29. The molecule has 6 rings (SSSR count). The molecule has 1 saturated carbocycles. The lowest BCUT2D eigenvalue weighted by Gasteiger charge is -2.34. The van der Waals surface area contributed by atoms with Crippen molar-refractivity contribution in [2.45, 2.75) is 69.7 Å². The quantitative estimate of drug-likeness (QED) is 0.623. The maximum absolute atomic E-state index is 14.1. The molecule has 2 aromatic rings. The third kappa shape index (κ3) is 3.48. The van der Waals surface area contributed by atoms with Gasteiger partial charge in [0.05, 0.1) is 17.9 Å². The summed E-state index contributed by atoms with van der Waals surface area (Å²) in [5.74, 6) is -1.67. The van der Waals surface area contributed by atoms with Gasteiger partial charge in [-0.15, -0.1) is 0 Å². The third-order valence-electron chi connectivity index (χ3n) is 8.03. The number of carbonyl (C=O) groups is 3. The van der Waals surface area contributed by atoms with Crippen molar-refractivity contribution < 1.29 is 23.6 Å². The van der Waals surface area contributed by atoms with Gasteiger partial charge in [-0.1, -0.05) is 54.8 Å². The lowest BCUT2D eigenvalue weighted by atomic mass is 9.74. The zero-order valence-electron chi connectivity index (χ0n) is 20.4. The lowest BCUT2D eigenvalue weighted by molar-refractivity contribution is -0.129. The largest absolute Gasteiger partial charge is 0.360 e. The van der Waals surface area contributed by atoms with Crippen LogP contribution in [-0.4, -0.2) is 46.7 Å². The molecule has 1 aliphatic carbocycles. The summed E-state index contributed by atoms with van der Waals surface area (Å²) in [6.07, 6.45) is 8.21. The van der Waals surface area contributed by atoms with E-state index in [2.05, 4.69) is 15.8 Å². The second kappa shape index (κ2) is 8.58. The first-order chi connectivity index (χ1) is 17.4. The summed E-state index contributed by atoms with van der Waals surface area (Å²) >= 11 is 0. The first kappa shape index (κ1) is 23.0.